The zero-order valence-corrected chi connectivity index (χ0v) is 20.2. The van der Waals surface area contributed by atoms with Crippen LogP contribution in [0.1, 0.15) is 35.9 Å². The highest BCUT2D eigenvalue weighted by atomic mass is 32.1. The van der Waals surface area contributed by atoms with Crippen LogP contribution in [-0.2, 0) is 27.4 Å². The van der Waals surface area contributed by atoms with E-state index in [1.807, 2.05) is 74.5 Å². The van der Waals surface area contributed by atoms with E-state index in [0.29, 0.717) is 17.2 Å². The van der Waals surface area contributed by atoms with Crippen molar-refractivity contribution in [1.82, 2.24) is 4.98 Å². The second-order valence-electron chi connectivity index (χ2n) is 8.06. The molecular formula is C27H26N2O4S. The van der Waals surface area contributed by atoms with Crippen molar-refractivity contribution in [1.29, 1.82) is 0 Å². The molecule has 0 bridgehead atoms. The van der Waals surface area contributed by atoms with Gasteiger partial charge in [-0.05, 0) is 37.6 Å². The van der Waals surface area contributed by atoms with Gasteiger partial charge in [0.2, 0.25) is 5.91 Å². The first-order chi connectivity index (χ1) is 16.4. The van der Waals surface area contributed by atoms with Gasteiger partial charge in [-0.2, -0.15) is 0 Å². The number of amides is 1. The van der Waals surface area contributed by atoms with E-state index in [4.69, 9.17) is 9.15 Å². The SMILES string of the molecule is CC(=O)N(c1nc(COC(=O)CCc2ccc(-c3ccccc3)o2)cs1)c1ccc(C)cc1C. The molecule has 6 nitrogen and oxygen atoms in total. The van der Waals surface area contributed by atoms with E-state index in [-0.39, 0.29) is 24.9 Å². The summed E-state index contributed by atoms with van der Waals surface area (Å²) in [5.74, 6) is 1.05. The molecule has 0 aliphatic rings. The quantitative estimate of drug-likeness (QED) is 0.277. The lowest BCUT2D eigenvalue weighted by atomic mass is 10.1. The Morgan fingerprint density at radius 2 is 1.85 bits per heavy atom. The number of rotatable bonds is 8. The third-order valence-electron chi connectivity index (χ3n) is 5.32. The Balaban J connectivity index is 1.33. The molecule has 2 aromatic heterocycles. The van der Waals surface area contributed by atoms with Gasteiger partial charge in [-0.25, -0.2) is 4.98 Å². The summed E-state index contributed by atoms with van der Waals surface area (Å²) < 4.78 is 11.2. The summed E-state index contributed by atoms with van der Waals surface area (Å²) in [6, 6.07) is 19.5. The smallest absolute Gasteiger partial charge is 0.306 e. The predicted molar refractivity (Wildman–Crippen MR) is 133 cm³/mol. The number of benzene rings is 2. The van der Waals surface area contributed by atoms with Gasteiger partial charge in [0.05, 0.1) is 17.8 Å². The number of nitrogens with zero attached hydrogens (tertiary/aromatic N) is 2. The molecule has 2 aromatic carbocycles. The third-order valence-corrected chi connectivity index (χ3v) is 6.19. The molecule has 2 heterocycles. The molecule has 1 amide bonds. The van der Waals surface area contributed by atoms with Crippen molar-refractivity contribution >= 4 is 34.0 Å². The minimum Gasteiger partial charge on any atom is -0.461 e. The van der Waals surface area contributed by atoms with Crippen LogP contribution in [-0.4, -0.2) is 16.9 Å². The maximum absolute atomic E-state index is 12.4. The number of thiazole rings is 1. The first kappa shape index (κ1) is 23.4. The molecule has 0 saturated carbocycles. The number of hydrogen-bond acceptors (Lipinski definition) is 6. The minimum atomic E-state index is -0.329. The summed E-state index contributed by atoms with van der Waals surface area (Å²) in [7, 11) is 0. The van der Waals surface area contributed by atoms with E-state index in [1.54, 1.807) is 10.3 Å². The second kappa shape index (κ2) is 10.5. The number of esters is 1. The van der Waals surface area contributed by atoms with Gasteiger partial charge < -0.3 is 9.15 Å². The van der Waals surface area contributed by atoms with Crippen molar-refractivity contribution < 1.29 is 18.7 Å². The Kier molecular flexibility index (Phi) is 7.23. The average molecular weight is 475 g/mol. The zero-order chi connectivity index (χ0) is 24.1. The molecule has 0 radical (unpaired) electrons. The van der Waals surface area contributed by atoms with E-state index in [0.717, 1.165) is 33.9 Å². The zero-order valence-electron chi connectivity index (χ0n) is 19.4. The van der Waals surface area contributed by atoms with Crippen LogP contribution in [0, 0.1) is 13.8 Å². The van der Waals surface area contributed by atoms with Gasteiger partial charge in [0.25, 0.3) is 0 Å². The summed E-state index contributed by atoms with van der Waals surface area (Å²) in [6.07, 6.45) is 0.666. The van der Waals surface area contributed by atoms with Crippen LogP contribution < -0.4 is 4.90 Å². The molecule has 0 aliphatic carbocycles. The van der Waals surface area contributed by atoms with Crippen molar-refractivity contribution in [2.45, 2.75) is 40.2 Å². The van der Waals surface area contributed by atoms with Crippen molar-refractivity contribution in [3.63, 3.8) is 0 Å². The lowest BCUT2D eigenvalue weighted by Crippen LogP contribution is -2.23. The van der Waals surface area contributed by atoms with Gasteiger partial charge in [-0.1, -0.05) is 48.0 Å². The Morgan fingerprint density at radius 1 is 1.06 bits per heavy atom. The average Bonchev–Trinajstić information content (AvgIpc) is 3.48. The summed E-state index contributed by atoms with van der Waals surface area (Å²) in [4.78, 5) is 30.7. The van der Waals surface area contributed by atoms with E-state index < -0.39 is 0 Å². The summed E-state index contributed by atoms with van der Waals surface area (Å²) >= 11 is 1.34. The fourth-order valence-electron chi connectivity index (χ4n) is 3.65. The number of carbonyl (C=O) groups excluding carboxylic acids is 2. The Bertz CT molecular complexity index is 1290. The molecule has 7 heteroatoms. The van der Waals surface area contributed by atoms with Gasteiger partial charge in [0.15, 0.2) is 5.13 Å². The monoisotopic (exact) mass is 474 g/mol. The molecule has 4 aromatic rings. The molecule has 4 rings (SSSR count). The number of hydrogen-bond donors (Lipinski definition) is 0. The van der Waals surface area contributed by atoms with Crippen molar-refractivity contribution in [2.24, 2.45) is 0 Å². The molecule has 0 saturated heterocycles. The maximum atomic E-state index is 12.4. The Morgan fingerprint density at radius 3 is 2.59 bits per heavy atom. The van der Waals surface area contributed by atoms with Crippen molar-refractivity contribution in [2.75, 3.05) is 4.90 Å². The molecule has 0 N–H and O–H groups in total. The number of carbonyl (C=O) groups is 2. The maximum Gasteiger partial charge on any atom is 0.306 e. The minimum absolute atomic E-state index is 0.0569. The van der Waals surface area contributed by atoms with Crippen LogP contribution in [0.25, 0.3) is 11.3 Å². The molecule has 0 atom stereocenters. The number of aryl methyl sites for hydroxylation is 3. The predicted octanol–water partition coefficient (Wildman–Crippen LogP) is 6.38. The van der Waals surface area contributed by atoms with Crippen LogP contribution in [0.2, 0.25) is 0 Å². The highest BCUT2D eigenvalue weighted by Gasteiger charge is 2.20. The number of furan rings is 1. The summed E-state index contributed by atoms with van der Waals surface area (Å²) in [5.41, 5.74) is 4.52. The van der Waals surface area contributed by atoms with Crippen LogP contribution in [0.15, 0.2) is 70.5 Å². The van der Waals surface area contributed by atoms with Gasteiger partial charge >= 0.3 is 5.97 Å². The number of ether oxygens (including phenoxy) is 1. The van der Waals surface area contributed by atoms with Crippen LogP contribution in [0.4, 0.5) is 10.8 Å². The second-order valence-corrected chi connectivity index (χ2v) is 8.90. The van der Waals surface area contributed by atoms with Gasteiger partial charge in [-0.15, -0.1) is 11.3 Å². The summed E-state index contributed by atoms with van der Waals surface area (Å²) in [6.45, 7) is 5.55. The molecule has 0 aliphatic heterocycles. The van der Waals surface area contributed by atoms with Crippen molar-refractivity contribution in [3.8, 4) is 11.3 Å². The first-order valence-electron chi connectivity index (χ1n) is 11.0. The van der Waals surface area contributed by atoms with Gasteiger partial charge in [0.1, 0.15) is 18.1 Å². The summed E-state index contributed by atoms with van der Waals surface area (Å²) in [5, 5.41) is 2.36. The van der Waals surface area contributed by atoms with Crippen LogP contribution in [0.5, 0.6) is 0 Å². The van der Waals surface area contributed by atoms with Crippen LogP contribution in [0.3, 0.4) is 0 Å². The lowest BCUT2D eigenvalue weighted by molar-refractivity contribution is -0.145. The van der Waals surface area contributed by atoms with Gasteiger partial charge in [-0.3, -0.25) is 14.5 Å². The molecular weight excluding hydrogens is 448 g/mol. The highest BCUT2D eigenvalue weighted by Crippen LogP contribution is 2.32. The van der Waals surface area contributed by atoms with Crippen LogP contribution >= 0.6 is 11.3 Å². The highest BCUT2D eigenvalue weighted by molar-refractivity contribution is 7.14. The largest absolute Gasteiger partial charge is 0.461 e. The van der Waals surface area contributed by atoms with Gasteiger partial charge in [0, 0.05) is 24.3 Å². The van der Waals surface area contributed by atoms with E-state index >= 15 is 0 Å². The molecule has 174 valence electrons. The standard InChI is InChI=1S/C27H26N2O4S/c1-18-9-12-24(19(2)15-18)29(20(3)30)27-28-22(17-34-27)16-32-26(31)14-11-23-10-13-25(33-23)21-7-5-4-6-8-21/h4-10,12-13,15,17H,11,14,16H2,1-3H3. The molecule has 0 fully saturated rings. The Hall–Kier alpha value is -3.71. The van der Waals surface area contributed by atoms with E-state index in [1.165, 1.54) is 18.3 Å². The number of aromatic nitrogens is 1. The molecule has 0 unspecified atom stereocenters. The van der Waals surface area contributed by atoms with Crippen molar-refractivity contribution in [3.05, 3.63) is 88.6 Å². The fourth-order valence-corrected chi connectivity index (χ4v) is 4.52. The molecule has 34 heavy (non-hydrogen) atoms. The fraction of sp³-hybridized carbons (Fsp3) is 0.222. The third kappa shape index (κ3) is 5.61. The normalized spacial score (nSPS) is 10.8. The topological polar surface area (TPSA) is 72.6 Å². The molecule has 0 spiro atoms. The number of anilines is 2. The Labute approximate surface area is 202 Å². The van der Waals surface area contributed by atoms with E-state index in [2.05, 4.69) is 4.98 Å². The van der Waals surface area contributed by atoms with E-state index in [9.17, 15) is 9.59 Å². The first-order valence-corrected chi connectivity index (χ1v) is 11.9. The lowest BCUT2D eigenvalue weighted by Gasteiger charge is -2.20.